The van der Waals surface area contributed by atoms with Crippen LogP contribution in [-0.4, -0.2) is 49.8 Å². The Morgan fingerprint density at radius 1 is 1.12 bits per heavy atom. The van der Waals surface area contributed by atoms with Crippen LogP contribution in [0.25, 0.3) is 22.3 Å². The van der Waals surface area contributed by atoms with Crippen molar-refractivity contribution in [2.24, 2.45) is 5.10 Å². The van der Waals surface area contributed by atoms with Crippen molar-refractivity contribution in [1.82, 2.24) is 9.66 Å². The van der Waals surface area contributed by atoms with E-state index in [4.69, 9.17) is 30.8 Å². The number of fused-ring (bicyclic) bond motifs is 1. The van der Waals surface area contributed by atoms with Gasteiger partial charge in [-0.25, -0.2) is 9.78 Å². The summed E-state index contributed by atoms with van der Waals surface area (Å²) in [5.74, 6) is 1.15. The lowest BCUT2D eigenvalue weighted by molar-refractivity contribution is -0.142. The molecule has 0 atom stereocenters. The van der Waals surface area contributed by atoms with Crippen LogP contribution in [0.3, 0.4) is 0 Å². The maximum Gasteiger partial charge on any atom is 0.343 e. The van der Waals surface area contributed by atoms with Crippen LogP contribution >= 0.6 is 27.5 Å². The Hall–Kier alpha value is -3.89. The van der Waals surface area contributed by atoms with E-state index in [2.05, 4.69) is 39.6 Å². The average Bonchev–Trinajstić information content (AvgIpc) is 2.97. The van der Waals surface area contributed by atoms with Gasteiger partial charge in [-0.15, -0.1) is 0 Å². The molecule has 0 radical (unpaired) electrons. The molecule has 214 valence electrons. The van der Waals surface area contributed by atoms with Gasteiger partial charge < -0.3 is 18.9 Å². The highest BCUT2D eigenvalue weighted by Gasteiger charge is 2.20. The van der Waals surface area contributed by atoms with Gasteiger partial charge in [-0.2, -0.15) is 9.78 Å². The molecule has 0 spiro atoms. The monoisotopic (exact) mass is 641 g/mol. The summed E-state index contributed by atoms with van der Waals surface area (Å²) in [6.45, 7) is 5.73. The van der Waals surface area contributed by atoms with Gasteiger partial charge in [0.15, 0.2) is 23.9 Å². The fourth-order valence-corrected chi connectivity index (χ4v) is 4.92. The van der Waals surface area contributed by atoms with Crippen LogP contribution in [0.15, 0.2) is 56.8 Å². The molecule has 0 aliphatic carbocycles. The van der Waals surface area contributed by atoms with E-state index in [9.17, 15) is 9.59 Å². The minimum absolute atomic E-state index is 0.156. The average molecular weight is 643 g/mol. The van der Waals surface area contributed by atoms with E-state index in [1.807, 2.05) is 25.1 Å². The molecule has 41 heavy (non-hydrogen) atoms. The second-order valence-electron chi connectivity index (χ2n) is 9.37. The smallest absolute Gasteiger partial charge is 0.343 e. The maximum absolute atomic E-state index is 13.8. The van der Waals surface area contributed by atoms with Crippen molar-refractivity contribution >= 4 is 50.6 Å². The number of methoxy groups -OCH3 is 3. The number of halogens is 2. The molecule has 0 saturated heterocycles. The number of aromatic nitrogens is 2. The molecule has 9 nitrogen and oxygen atoms in total. The molecule has 3 aromatic carbocycles. The van der Waals surface area contributed by atoms with Crippen molar-refractivity contribution in [3.05, 3.63) is 79.0 Å². The highest BCUT2D eigenvalue weighted by molar-refractivity contribution is 9.10. The van der Waals surface area contributed by atoms with E-state index < -0.39 is 5.97 Å². The largest absolute Gasteiger partial charge is 0.496 e. The fraction of sp³-hybridized carbons (Fsp3) is 0.267. The molecule has 11 heteroatoms. The first-order valence-corrected chi connectivity index (χ1v) is 13.8. The predicted molar refractivity (Wildman–Crippen MR) is 163 cm³/mol. The number of carbonyl (C=O) groups is 1. The van der Waals surface area contributed by atoms with Gasteiger partial charge in [-0.3, -0.25) is 4.79 Å². The number of nitrogens with zero attached hydrogens (tertiary/aromatic N) is 3. The van der Waals surface area contributed by atoms with Crippen LogP contribution < -0.4 is 19.8 Å². The zero-order valence-corrected chi connectivity index (χ0v) is 25.8. The normalized spacial score (nSPS) is 11.3. The molecular weight excluding hydrogens is 614 g/mol. The maximum atomic E-state index is 13.8. The lowest BCUT2D eigenvalue weighted by Crippen LogP contribution is -2.21. The molecule has 0 aliphatic heterocycles. The number of aryl methyl sites for hydroxylation is 1. The van der Waals surface area contributed by atoms with E-state index in [1.165, 1.54) is 25.1 Å². The summed E-state index contributed by atoms with van der Waals surface area (Å²) in [5.41, 5.74) is 3.31. The van der Waals surface area contributed by atoms with Gasteiger partial charge in [0.05, 0.1) is 38.4 Å². The zero-order valence-electron chi connectivity index (χ0n) is 23.5. The van der Waals surface area contributed by atoms with E-state index in [-0.39, 0.29) is 34.6 Å². The van der Waals surface area contributed by atoms with Gasteiger partial charge in [0.1, 0.15) is 10.8 Å². The summed E-state index contributed by atoms with van der Waals surface area (Å²) in [6, 6.07) is 12.7. The van der Waals surface area contributed by atoms with Crippen molar-refractivity contribution < 1.29 is 23.7 Å². The lowest BCUT2D eigenvalue weighted by Gasteiger charge is -2.17. The fourth-order valence-electron chi connectivity index (χ4n) is 4.27. The minimum atomic E-state index is -0.574. The van der Waals surface area contributed by atoms with Crippen molar-refractivity contribution in [2.75, 3.05) is 27.9 Å². The lowest BCUT2D eigenvalue weighted by atomic mass is 9.96. The first-order valence-electron chi connectivity index (χ1n) is 12.6. The quantitative estimate of drug-likeness (QED) is 0.155. The van der Waals surface area contributed by atoms with Gasteiger partial charge in [0.25, 0.3) is 5.56 Å². The molecule has 0 amide bonds. The number of hydrogen-bond donors (Lipinski definition) is 0. The molecule has 0 saturated carbocycles. The molecule has 0 aliphatic rings. The van der Waals surface area contributed by atoms with Gasteiger partial charge >= 0.3 is 5.97 Å². The van der Waals surface area contributed by atoms with E-state index in [1.54, 1.807) is 31.4 Å². The first kappa shape index (κ1) is 30.1. The third-order valence-electron chi connectivity index (χ3n) is 6.44. The highest BCUT2D eigenvalue weighted by atomic mass is 79.9. The van der Waals surface area contributed by atoms with Crippen molar-refractivity contribution in [1.29, 1.82) is 0 Å². The van der Waals surface area contributed by atoms with E-state index in [0.29, 0.717) is 26.8 Å². The van der Waals surface area contributed by atoms with Crippen LogP contribution in [-0.2, 0) is 9.53 Å². The summed E-state index contributed by atoms with van der Waals surface area (Å²) in [4.78, 5) is 30.2. The van der Waals surface area contributed by atoms with Crippen LogP contribution in [0, 0.1) is 6.92 Å². The minimum Gasteiger partial charge on any atom is -0.496 e. The summed E-state index contributed by atoms with van der Waals surface area (Å²) < 4.78 is 22.9. The Morgan fingerprint density at radius 2 is 1.83 bits per heavy atom. The molecule has 0 fully saturated rings. The molecule has 0 bridgehead atoms. The number of rotatable bonds is 9. The number of para-hydroxylation sites is 1. The topological polar surface area (TPSA) is 101 Å². The summed E-state index contributed by atoms with van der Waals surface area (Å²) in [5, 5.41) is 5.16. The Labute approximate surface area is 250 Å². The Balaban J connectivity index is 1.91. The molecule has 0 N–H and O–H groups in total. The summed E-state index contributed by atoms with van der Waals surface area (Å²) in [6.07, 6.45) is 1.48. The standard InChI is InChI=1S/C30H29BrClN3O6/c1-16(2)20-13-21(17(3)11-23(20)38-4)29-34-22-10-8-7-9-19(22)30(37)35(29)33-14-18-12-24(39-5)28(27(32)26(18)31)41-15-25(36)40-6/h7-14,16H,15H2,1-6H3. The molecule has 4 aromatic rings. The highest BCUT2D eigenvalue weighted by Crippen LogP contribution is 2.42. The van der Waals surface area contributed by atoms with Crippen molar-refractivity contribution in [3.8, 4) is 28.6 Å². The van der Waals surface area contributed by atoms with Gasteiger partial charge in [0.2, 0.25) is 0 Å². The van der Waals surface area contributed by atoms with Crippen molar-refractivity contribution in [2.45, 2.75) is 26.7 Å². The second kappa shape index (κ2) is 12.7. The predicted octanol–water partition coefficient (Wildman–Crippen LogP) is 6.36. The van der Waals surface area contributed by atoms with E-state index >= 15 is 0 Å². The van der Waals surface area contributed by atoms with Gasteiger partial charge in [-0.05, 0) is 70.2 Å². The molecule has 4 rings (SSSR count). The summed E-state index contributed by atoms with van der Waals surface area (Å²) >= 11 is 10.0. The molecule has 0 unspecified atom stereocenters. The van der Waals surface area contributed by atoms with Gasteiger partial charge in [-0.1, -0.05) is 37.6 Å². The van der Waals surface area contributed by atoms with Crippen LogP contribution in [0.5, 0.6) is 17.2 Å². The number of hydrogen-bond acceptors (Lipinski definition) is 8. The summed E-state index contributed by atoms with van der Waals surface area (Å²) in [7, 11) is 4.34. The first-order chi connectivity index (χ1) is 19.6. The zero-order chi connectivity index (χ0) is 29.8. The van der Waals surface area contributed by atoms with Crippen LogP contribution in [0.4, 0.5) is 0 Å². The van der Waals surface area contributed by atoms with Crippen LogP contribution in [0.1, 0.15) is 36.5 Å². The Morgan fingerprint density at radius 3 is 2.49 bits per heavy atom. The van der Waals surface area contributed by atoms with Crippen LogP contribution in [0.2, 0.25) is 5.02 Å². The third kappa shape index (κ3) is 6.08. The molecular formula is C30H29BrClN3O6. The number of esters is 1. The second-order valence-corrected chi connectivity index (χ2v) is 10.5. The van der Waals surface area contributed by atoms with Gasteiger partial charge in [0, 0.05) is 15.6 Å². The number of carbonyl (C=O) groups excluding carboxylic acids is 1. The number of benzene rings is 3. The van der Waals surface area contributed by atoms with E-state index in [0.717, 1.165) is 22.4 Å². The molecule has 1 aromatic heterocycles. The van der Waals surface area contributed by atoms with Crippen molar-refractivity contribution in [3.63, 3.8) is 0 Å². The third-order valence-corrected chi connectivity index (χ3v) is 7.89. The Bertz CT molecular complexity index is 1720. The SMILES string of the molecule is COC(=O)COc1c(OC)cc(C=Nn2c(-c3cc(C(C)C)c(OC)cc3C)nc3ccccc3c2=O)c(Br)c1Cl. The Kier molecular flexibility index (Phi) is 9.35. The number of ether oxygens (including phenoxy) is 4. The molecule has 1 heterocycles.